The smallest absolute Gasteiger partial charge is 0.343 e. The second kappa shape index (κ2) is 6.48. The lowest BCUT2D eigenvalue weighted by Crippen LogP contribution is -2.44. The molecule has 3 aromatic rings. The Kier molecular flexibility index (Phi) is 4.10. The van der Waals surface area contributed by atoms with Crippen molar-refractivity contribution in [1.82, 2.24) is 9.55 Å². The third-order valence-electron chi connectivity index (χ3n) is 6.40. The van der Waals surface area contributed by atoms with Gasteiger partial charge in [0.25, 0.3) is 5.56 Å². The molecule has 7 heteroatoms. The van der Waals surface area contributed by atoms with Crippen LogP contribution in [0.3, 0.4) is 0 Å². The highest BCUT2D eigenvalue weighted by Crippen LogP contribution is 2.41. The molecule has 0 radical (unpaired) electrons. The number of cyclic esters (lactones) is 1. The van der Waals surface area contributed by atoms with Gasteiger partial charge in [-0.25, -0.2) is 9.78 Å². The Morgan fingerprint density at radius 2 is 2.07 bits per heavy atom. The van der Waals surface area contributed by atoms with E-state index in [-0.39, 0.29) is 24.7 Å². The number of aliphatic hydroxyl groups is 1. The van der Waals surface area contributed by atoms with Gasteiger partial charge < -0.3 is 19.1 Å². The van der Waals surface area contributed by atoms with E-state index in [0.29, 0.717) is 29.1 Å². The molecule has 1 aromatic carbocycles. The van der Waals surface area contributed by atoms with Gasteiger partial charge in [-0.3, -0.25) is 4.79 Å². The Labute approximate surface area is 172 Å². The monoisotopic (exact) mass is 406 g/mol. The number of para-hydroxylation sites is 1. The summed E-state index contributed by atoms with van der Waals surface area (Å²) in [7, 11) is 1.66. The van der Waals surface area contributed by atoms with E-state index in [0.717, 1.165) is 22.0 Å². The quantitative estimate of drug-likeness (QED) is 0.526. The van der Waals surface area contributed by atoms with Gasteiger partial charge in [0.15, 0.2) is 5.60 Å². The minimum Gasteiger partial charge on any atom is -0.458 e. The molecule has 2 aromatic heterocycles. The lowest BCUT2D eigenvalue weighted by atomic mass is 9.86. The van der Waals surface area contributed by atoms with E-state index in [9.17, 15) is 14.7 Å². The standard InChI is InChI=1S/C23H22N2O5/c1-4-23(28)16-9-18-20-14(10-25(18)21(26)15(16)11-30-22(23)27)19(12(2)29-3)13-7-5-6-8-17(13)24-20/h5-9,12,28H,4,10-11H2,1-3H3/t12?,23-/m0/s1. The number of aromatic nitrogens is 2. The first-order chi connectivity index (χ1) is 14.4. The maximum absolute atomic E-state index is 13.3. The average molecular weight is 406 g/mol. The molecule has 0 amide bonds. The molecule has 0 fully saturated rings. The first-order valence-corrected chi connectivity index (χ1v) is 10.0. The molecule has 0 bridgehead atoms. The number of pyridine rings is 2. The minimum absolute atomic E-state index is 0.117. The summed E-state index contributed by atoms with van der Waals surface area (Å²) in [4.78, 5) is 30.5. The molecule has 2 aliphatic heterocycles. The number of rotatable bonds is 3. The molecule has 7 nitrogen and oxygen atoms in total. The zero-order valence-corrected chi connectivity index (χ0v) is 17.1. The van der Waals surface area contributed by atoms with E-state index >= 15 is 0 Å². The van der Waals surface area contributed by atoms with Crippen LogP contribution in [0, 0.1) is 0 Å². The van der Waals surface area contributed by atoms with Crippen LogP contribution in [-0.2, 0) is 33.0 Å². The Morgan fingerprint density at radius 1 is 1.30 bits per heavy atom. The number of carbonyl (C=O) groups is 1. The Balaban J connectivity index is 1.84. The number of carbonyl (C=O) groups excluding carboxylic acids is 1. The van der Waals surface area contributed by atoms with Crippen molar-refractivity contribution >= 4 is 16.9 Å². The highest BCUT2D eigenvalue weighted by Gasteiger charge is 2.45. The van der Waals surface area contributed by atoms with Gasteiger partial charge in [0.1, 0.15) is 6.61 Å². The van der Waals surface area contributed by atoms with E-state index in [1.807, 2.05) is 31.2 Å². The van der Waals surface area contributed by atoms with Gasteiger partial charge in [0.05, 0.1) is 35.1 Å². The first-order valence-electron chi connectivity index (χ1n) is 10.0. The molecular weight excluding hydrogens is 384 g/mol. The van der Waals surface area contributed by atoms with E-state index in [4.69, 9.17) is 14.5 Å². The number of fused-ring (bicyclic) bond motifs is 5. The van der Waals surface area contributed by atoms with Crippen LogP contribution in [0.4, 0.5) is 0 Å². The third kappa shape index (κ3) is 2.36. The third-order valence-corrected chi connectivity index (χ3v) is 6.40. The van der Waals surface area contributed by atoms with Crippen molar-refractivity contribution in [2.75, 3.05) is 7.11 Å². The van der Waals surface area contributed by atoms with Crippen LogP contribution < -0.4 is 5.56 Å². The maximum atomic E-state index is 13.3. The zero-order chi connectivity index (χ0) is 21.2. The van der Waals surface area contributed by atoms with E-state index in [2.05, 4.69) is 0 Å². The summed E-state index contributed by atoms with van der Waals surface area (Å²) in [6.07, 6.45) is -0.0742. The van der Waals surface area contributed by atoms with E-state index in [1.165, 1.54) is 0 Å². The van der Waals surface area contributed by atoms with Crippen LogP contribution in [0.1, 0.15) is 48.6 Å². The van der Waals surface area contributed by atoms with Crippen LogP contribution in [0.5, 0.6) is 0 Å². The second-order valence-corrected chi connectivity index (χ2v) is 7.85. The number of benzene rings is 1. The molecule has 2 atom stereocenters. The number of ether oxygens (including phenoxy) is 2. The van der Waals surface area contributed by atoms with Crippen molar-refractivity contribution in [3.63, 3.8) is 0 Å². The van der Waals surface area contributed by atoms with E-state index in [1.54, 1.807) is 24.7 Å². The Morgan fingerprint density at radius 3 is 2.80 bits per heavy atom. The molecule has 30 heavy (non-hydrogen) atoms. The first kappa shape index (κ1) is 19.0. The van der Waals surface area contributed by atoms with Gasteiger partial charge >= 0.3 is 5.97 Å². The van der Waals surface area contributed by atoms with Crippen LogP contribution >= 0.6 is 0 Å². The summed E-state index contributed by atoms with van der Waals surface area (Å²) in [5.74, 6) is -0.722. The Bertz CT molecular complexity index is 1280. The van der Waals surface area contributed by atoms with Crippen molar-refractivity contribution in [3.8, 4) is 11.4 Å². The molecule has 1 unspecified atom stereocenters. The highest BCUT2D eigenvalue weighted by atomic mass is 16.6. The van der Waals surface area contributed by atoms with Crippen LogP contribution in [0.2, 0.25) is 0 Å². The Hall–Kier alpha value is -3.03. The summed E-state index contributed by atoms with van der Waals surface area (Å²) < 4.78 is 12.4. The average Bonchev–Trinajstić information content (AvgIpc) is 3.13. The van der Waals surface area contributed by atoms with Crippen LogP contribution in [0.25, 0.3) is 22.3 Å². The summed E-state index contributed by atoms with van der Waals surface area (Å²) in [6.45, 7) is 3.89. The largest absolute Gasteiger partial charge is 0.458 e. The lowest BCUT2D eigenvalue weighted by Gasteiger charge is -2.31. The van der Waals surface area contributed by atoms with Crippen molar-refractivity contribution in [1.29, 1.82) is 0 Å². The van der Waals surface area contributed by atoms with Gasteiger partial charge in [-0.15, -0.1) is 0 Å². The van der Waals surface area contributed by atoms with Crippen molar-refractivity contribution in [3.05, 3.63) is 62.9 Å². The summed E-state index contributed by atoms with van der Waals surface area (Å²) in [5.41, 5.74) is 2.56. The molecule has 2 aliphatic rings. The fourth-order valence-corrected chi connectivity index (χ4v) is 4.64. The predicted octanol–water partition coefficient (Wildman–Crippen LogP) is 2.79. The van der Waals surface area contributed by atoms with Crippen molar-refractivity contribution in [2.24, 2.45) is 0 Å². The van der Waals surface area contributed by atoms with Crippen LogP contribution in [0.15, 0.2) is 35.1 Å². The zero-order valence-electron chi connectivity index (χ0n) is 17.1. The van der Waals surface area contributed by atoms with Gasteiger partial charge in [-0.2, -0.15) is 0 Å². The van der Waals surface area contributed by atoms with Crippen molar-refractivity contribution in [2.45, 2.75) is 45.1 Å². The number of hydrogen-bond donors (Lipinski definition) is 1. The molecule has 0 saturated carbocycles. The SMILES string of the molecule is CC[C@@]1(O)C(=O)OCc2c1cc1n(c2=O)Cc2c-1nc1ccccc1c2C(C)OC. The predicted molar refractivity (Wildman–Crippen MR) is 110 cm³/mol. The van der Waals surface area contributed by atoms with E-state index < -0.39 is 11.6 Å². The van der Waals surface area contributed by atoms with Crippen LogP contribution in [-0.4, -0.2) is 27.7 Å². The summed E-state index contributed by atoms with van der Waals surface area (Å²) in [6, 6.07) is 9.55. The highest BCUT2D eigenvalue weighted by molar-refractivity contribution is 5.89. The van der Waals surface area contributed by atoms with Gasteiger partial charge in [0, 0.05) is 23.6 Å². The molecule has 0 aliphatic carbocycles. The second-order valence-electron chi connectivity index (χ2n) is 7.85. The lowest BCUT2D eigenvalue weighted by molar-refractivity contribution is -0.172. The molecule has 154 valence electrons. The summed E-state index contributed by atoms with van der Waals surface area (Å²) >= 11 is 0. The van der Waals surface area contributed by atoms with Gasteiger partial charge in [-0.05, 0) is 31.0 Å². The van der Waals surface area contributed by atoms with Gasteiger partial charge in [-0.1, -0.05) is 25.1 Å². The summed E-state index contributed by atoms with van der Waals surface area (Å²) in [5, 5.41) is 12.0. The minimum atomic E-state index is -1.83. The molecular formula is C23H22N2O5. The maximum Gasteiger partial charge on any atom is 0.343 e. The molecule has 0 saturated heterocycles. The number of nitrogens with zero attached hydrogens (tertiary/aromatic N) is 2. The fraction of sp³-hybridized carbons (Fsp3) is 0.348. The number of methoxy groups -OCH3 is 1. The topological polar surface area (TPSA) is 90.7 Å². The molecule has 1 N–H and O–H groups in total. The normalized spacial score (nSPS) is 20.5. The van der Waals surface area contributed by atoms with Crippen molar-refractivity contribution < 1.29 is 19.4 Å². The molecule has 4 heterocycles. The molecule has 5 rings (SSSR count). The number of esters is 1. The van der Waals surface area contributed by atoms with Gasteiger partial charge in [0.2, 0.25) is 0 Å². The number of hydrogen-bond acceptors (Lipinski definition) is 6. The fourth-order valence-electron chi connectivity index (χ4n) is 4.64. The molecule has 0 spiro atoms.